The normalized spacial score (nSPS) is 29.8. The van der Waals surface area contributed by atoms with Crippen molar-refractivity contribution in [2.75, 3.05) is 13.2 Å². The molecule has 0 bridgehead atoms. The maximum Gasteiger partial charge on any atom is 0.169 e. The Morgan fingerprint density at radius 3 is 2.95 bits per heavy atom. The van der Waals surface area contributed by atoms with Crippen molar-refractivity contribution in [3.63, 3.8) is 0 Å². The van der Waals surface area contributed by atoms with Crippen LogP contribution >= 0.6 is 23.4 Å². The zero-order valence-electron chi connectivity index (χ0n) is 10.5. The molecule has 1 saturated carbocycles. The van der Waals surface area contributed by atoms with Gasteiger partial charge in [-0.15, -0.1) is 0 Å². The molecule has 2 heterocycles. The summed E-state index contributed by atoms with van der Waals surface area (Å²) in [6.45, 7) is 1.36. The molecule has 2 atom stereocenters. The summed E-state index contributed by atoms with van der Waals surface area (Å²) >= 11 is 7.79. The van der Waals surface area contributed by atoms with Gasteiger partial charge in [-0.3, -0.25) is 0 Å². The van der Waals surface area contributed by atoms with Crippen LogP contribution in [0.15, 0.2) is 23.4 Å². The number of rotatable bonds is 2. The van der Waals surface area contributed by atoms with Gasteiger partial charge in [-0.05, 0) is 18.6 Å². The van der Waals surface area contributed by atoms with Crippen LogP contribution in [-0.2, 0) is 9.47 Å². The van der Waals surface area contributed by atoms with Gasteiger partial charge in [0.1, 0.15) is 5.03 Å². The zero-order valence-corrected chi connectivity index (χ0v) is 12.1. The van der Waals surface area contributed by atoms with E-state index in [4.69, 9.17) is 26.8 Å². The summed E-state index contributed by atoms with van der Waals surface area (Å²) in [5.74, 6) is -0.422. The average Bonchev–Trinajstić information content (AvgIpc) is 2.85. The highest BCUT2D eigenvalue weighted by molar-refractivity contribution is 8.00. The topological polar surface area (TPSA) is 57.4 Å². The lowest BCUT2D eigenvalue weighted by molar-refractivity contribution is -0.176. The highest BCUT2D eigenvalue weighted by atomic mass is 35.5. The van der Waals surface area contributed by atoms with Crippen LogP contribution in [0.1, 0.15) is 19.3 Å². The Balaban J connectivity index is 1.73. The summed E-state index contributed by atoms with van der Waals surface area (Å²) in [6.07, 6.45) is 4.33. The van der Waals surface area contributed by atoms with E-state index in [2.05, 4.69) is 4.98 Å². The average molecular weight is 301 g/mol. The predicted molar refractivity (Wildman–Crippen MR) is 75.4 cm³/mol. The van der Waals surface area contributed by atoms with Crippen LogP contribution in [0, 0.1) is 0 Å². The lowest BCUT2D eigenvalue weighted by Gasteiger charge is -2.39. The van der Waals surface area contributed by atoms with Gasteiger partial charge in [0.2, 0.25) is 0 Å². The van der Waals surface area contributed by atoms with E-state index in [1.165, 1.54) is 0 Å². The number of hydrogen-bond acceptors (Lipinski definition) is 5. The Kier molecular flexibility index (Phi) is 4.01. The van der Waals surface area contributed by atoms with Gasteiger partial charge >= 0.3 is 0 Å². The summed E-state index contributed by atoms with van der Waals surface area (Å²) < 4.78 is 11.6. The van der Waals surface area contributed by atoms with Crippen LogP contribution in [0.2, 0.25) is 5.02 Å². The Bertz CT molecular complexity index is 454. The van der Waals surface area contributed by atoms with E-state index in [1.807, 2.05) is 12.1 Å². The molecule has 1 aromatic rings. The first-order chi connectivity index (χ1) is 9.19. The van der Waals surface area contributed by atoms with E-state index in [9.17, 15) is 0 Å². The molecule has 2 fully saturated rings. The summed E-state index contributed by atoms with van der Waals surface area (Å²) in [6, 6.07) is 3.81. The van der Waals surface area contributed by atoms with Crippen LogP contribution in [-0.4, -0.2) is 35.3 Å². The molecule has 2 unspecified atom stereocenters. The summed E-state index contributed by atoms with van der Waals surface area (Å²) in [7, 11) is 0. The van der Waals surface area contributed by atoms with Gasteiger partial charge < -0.3 is 15.2 Å². The summed E-state index contributed by atoms with van der Waals surface area (Å²) in [4.78, 5) is 4.32. The van der Waals surface area contributed by atoms with Crippen LogP contribution in [0.3, 0.4) is 0 Å². The molecule has 0 aromatic carbocycles. The fourth-order valence-corrected chi connectivity index (χ4v) is 4.11. The van der Waals surface area contributed by atoms with E-state index < -0.39 is 5.79 Å². The van der Waals surface area contributed by atoms with E-state index >= 15 is 0 Å². The fraction of sp³-hybridized carbons (Fsp3) is 0.615. The third-order valence-corrected chi connectivity index (χ3v) is 5.43. The van der Waals surface area contributed by atoms with Crippen molar-refractivity contribution in [3.8, 4) is 0 Å². The van der Waals surface area contributed by atoms with Crippen LogP contribution < -0.4 is 5.73 Å². The largest absolute Gasteiger partial charge is 0.347 e. The minimum Gasteiger partial charge on any atom is -0.347 e. The number of nitrogens with zero attached hydrogens (tertiary/aromatic N) is 1. The second-order valence-corrected chi connectivity index (χ2v) is 6.60. The lowest BCUT2D eigenvalue weighted by Crippen LogP contribution is -2.47. The predicted octanol–water partition coefficient (Wildman–Crippen LogP) is 2.45. The SMILES string of the molecule is NC1CCC2(CC1Sc1ncccc1Cl)OCCO2. The number of thioether (sulfide) groups is 1. The Hall–Kier alpha value is -0.330. The van der Waals surface area contributed by atoms with Crippen LogP contribution in [0.4, 0.5) is 0 Å². The molecule has 1 aromatic heterocycles. The first kappa shape index (κ1) is 13.6. The van der Waals surface area contributed by atoms with Gasteiger partial charge in [0.25, 0.3) is 0 Å². The maximum atomic E-state index is 6.23. The maximum absolute atomic E-state index is 6.23. The van der Waals surface area contributed by atoms with Crippen molar-refractivity contribution in [2.24, 2.45) is 5.73 Å². The molecule has 2 N–H and O–H groups in total. The molecule has 2 aliphatic rings. The highest BCUT2D eigenvalue weighted by Gasteiger charge is 2.44. The number of ether oxygens (including phenoxy) is 2. The minimum absolute atomic E-state index is 0.126. The molecule has 1 saturated heterocycles. The molecule has 4 nitrogen and oxygen atoms in total. The van der Waals surface area contributed by atoms with Gasteiger partial charge in [0.05, 0.1) is 18.2 Å². The Morgan fingerprint density at radius 2 is 2.21 bits per heavy atom. The Morgan fingerprint density at radius 1 is 1.42 bits per heavy atom. The molecule has 0 amide bonds. The number of aromatic nitrogens is 1. The first-order valence-corrected chi connectivity index (χ1v) is 7.75. The summed E-state index contributed by atoms with van der Waals surface area (Å²) in [5.41, 5.74) is 6.23. The molecule has 3 rings (SSSR count). The van der Waals surface area contributed by atoms with Gasteiger partial charge in [-0.2, -0.15) is 0 Å². The standard InChI is InChI=1S/C13H17ClN2O2S/c14-9-2-1-5-16-12(9)19-11-8-13(4-3-10(11)15)17-6-7-18-13/h1-2,5,10-11H,3-4,6-8,15H2. The summed E-state index contributed by atoms with van der Waals surface area (Å²) in [5, 5.41) is 1.73. The number of halogens is 1. The lowest BCUT2D eigenvalue weighted by atomic mass is 9.90. The number of pyridine rings is 1. The second kappa shape index (κ2) is 5.58. The quantitative estimate of drug-likeness (QED) is 0.909. The van der Waals surface area contributed by atoms with Crippen molar-refractivity contribution < 1.29 is 9.47 Å². The van der Waals surface area contributed by atoms with Gasteiger partial charge in [-0.1, -0.05) is 23.4 Å². The zero-order chi connectivity index (χ0) is 13.3. The molecule has 6 heteroatoms. The first-order valence-electron chi connectivity index (χ1n) is 6.49. The van der Waals surface area contributed by atoms with Gasteiger partial charge in [0.15, 0.2) is 5.79 Å². The van der Waals surface area contributed by atoms with Crippen molar-refractivity contribution in [2.45, 2.75) is 41.4 Å². The molecular formula is C13H17ClN2O2S. The highest BCUT2D eigenvalue weighted by Crippen LogP contribution is 2.42. The van der Waals surface area contributed by atoms with Gasteiger partial charge in [0, 0.05) is 30.3 Å². The van der Waals surface area contributed by atoms with E-state index in [-0.39, 0.29) is 11.3 Å². The van der Waals surface area contributed by atoms with Gasteiger partial charge in [-0.25, -0.2) is 4.98 Å². The van der Waals surface area contributed by atoms with Crippen molar-refractivity contribution in [1.82, 2.24) is 4.98 Å². The van der Waals surface area contributed by atoms with Crippen LogP contribution in [0.5, 0.6) is 0 Å². The van der Waals surface area contributed by atoms with Crippen LogP contribution in [0.25, 0.3) is 0 Å². The molecule has 1 spiro atoms. The van der Waals surface area contributed by atoms with Crippen molar-refractivity contribution >= 4 is 23.4 Å². The van der Waals surface area contributed by atoms with Crippen molar-refractivity contribution in [1.29, 1.82) is 0 Å². The Labute approximate surface area is 122 Å². The monoisotopic (exact) mass is 300 g/mol. The van der Waals surface area contributed by atoms with Crippen molar-refractivity contribution in [3.05, 3.63) is 23.4 Å². The molecular weight excluding hydrogens is 284 g/mol. The third kappa shape index (κ3) is 2.90. The molecule has 0 radical (unpaired) electrons. The van der Waals surface area contributed by atoms with E-state index in [1.54, 1.807) is 18.0 Å². The molecule has 1 aliphatic carbocycles. The number of hydrogen-bond donors (Lipinski definition) is 1. The minimum atomic E-state index is -0.422. The third-order valence-electron chi connectivity index (χ3n) is 3.65. The molecule has 1 aliphatic heterocycles. The number of nitrogens with two attached hydrogens (primary N) is 1. The smallest absolute Gasteiger partial charge is 0.169 e. The second-order valence-electron chi connectivity index (χ2n) is 4.96. The fourth-order valence-electron chi connectivity index (χ4n) is 2.62. The van der Waals surface area contributed by atoms with E-state index in [0.717, 1.165) is 24.3 Å². The molecule has 19 heavy (non-hydrogen) atoms. The van der Waals surface area contributed by atoms with E-state index in [0.29, 0.717) is 18.2 Å². The molecule has 104 valence electrons.